The average Bonchev–Trinajstić information content (AvgIpc) is 2.82. The van der Waals surface area contributed by atoms with E-state index in [1.807, 2.05) is 36.4 Å². The van der Waals surface area contributed by atoms with E-state index in [0.29, 0.717) is 24.0 Å². The summed E-state index contributed by atoms with van der Waals surface area (Å²) in [5.74, 6) is 1.36. The highest BCUT2D eigenvalue weighted by molar-refractivity contribution is 6.00. The fraction of sp³-hybridized carbons (Fsp3) is 0.259. The van der Waals surface area contributed by atoms with Gasteiger partial charge in [0.25, 0.3) is 0 Å². The van der Waals surface area contributed by atoms with Gasteiger partial charge in [-0.05, 0) is 60.0 Å². The quantitative estimate of drug-likeness (QED) is 0.367. The lowest BCUT2D eigenvalue weighted by atomic mass is 10.1. The zero-order chi connectivity index (χ0) is 23.6. The van der Waals surface area contributed by atoms with Gasteiger partial charge in [0.2, 0.25) is 5.91 Å². The number of carbonyl (C=O) groups excluding carboxylic acids is 1. The number of carbonyl (C=O) groups is 2. The fourth-order valence-corrected chi connectivity index (χ4v) is 3.31. The first-order valence-corrected chi connectivity index (χ1v) is 11.1. The van der Waals surface area contributed by atoms with Crippen LogP contribution in [0.1, 0.15) is 42.6 Å². The number of anilines is 1. The predicted octanol–water partition coefficient (Wildman–Crippen LogP) is 6.17. The first kappa shape index (κ1) is 23.9. The van der Waals surface area contributed by atoms with E-state index in [1.165, 1.54) is 6.07 Å². The number of para-hydroxylation sites is 1. The van der Waals surface area contributed by atoms with E-state index in [9.17, 15) is 14.7 Å². The van der Waals surface area contributed by atoms with E-state index in [0.717, 1.165) is 24.2 Å². The van der Waals surface area contributed by atoms with Gasteiger partial charge >= 0.3 is 5.97 Å². The molecule has 3 aromatic carbocycles. The Balaban J connectivity index is 1.53. The second-order valence-corrected chi connectivity index (χ2v) is 7.79. The molecule has 3 rings (SSSR count). The molecular formula is C27H29NO5. The van der Waals surface area contributed by atoms with Crippen LogP contribution in [0.15, 0.2) is 72.8 Å². The molecule has 0 aliphatic carbocycles. The minimum Gasteiger partial charge on any atom is -0.493 e. The number of aromatic carboxylic acids is 1. The van der Waals surface area contributed by atoms with E-state index in [-0.39, 0.29) is 23.6 Å². The number of hydrogen-bond donors (Lipinski definition) is 2. The summed E-state index contributed by atoms with van der Waals surface area (Å²) in [7, 11) is 0. The van der Waals surface area contributed by atoms with Crippen LogP contribution in [0.3, 0.4) is 0 Å². The van der Waals surface area contributed by atoms with Gasteiger partial charge in [-0.15, -0.1) is 0 Å². The minimum atomic E-state index is -1.09. The normalized spacial score (nSPS) is 10.6. The van der Waals surface area contributed by atoms with Crippen LogP contribution in [-0.2, 0) is 11.2 Å². The lowest BCUT2D eigenvalue weighted by Crippen LogP contribution is -2.16. The number of benzene rings is 3. The summed E-state index contributed by atoms with van der Waals surface area (Å²) in [4.78, 5) is 23.6. The summed E-state index contributed by atoms with van der Waals surface area (Å²) in [6.07, 6.45) is 2.33. The third-order valence-electron chi connectivity index (χ3n) is 5.42. The number of carboxylic acids is 1. The van der Waals surface area contributed by atoms with Crippen LogP contribution in [0.5, 0.6) is 17.2 Å². The lowest BCUT2D eigenvalue weighted by molar-refractivity contribution is -0.115. The first-order valence-electron chi connectivity index (χ1n) is 11.1. The van der Waals surface area contributed by atoms with Gasteiger partial charge in [-0.2, -0.15) is 0 Å². The van der Waals surface area contributed by atoms with Crippen LogP contribution >= 0.6 is 0 Å². The van der Waals surface area contributed by atoms with Gasteiger partial charge in [0.15, 0.2) is 0 Å². The number of carboxylic acid groups (broad SMARTS) is 1. The molecule has 0 fully saturated rings. The third-order valence-corrected chi connectivity index (χ3v) is 5.42. The number of nitrogens with one attached hydrogen (secondary N) is 1. The van der Waals surface area contributed by atoms with Crippen LogP contribution in [-0.4, -0.2) is 23.6 Å². The highest BCUT2D eigenvalue weighted by atomic mass is 16.5. The zero-order valence-electron chi connectivity index (χ0n) is 18.9. The van der Waals surface area contributed by atoms with Crippen molar-refractivity contribution in [3.05, 3.63) is 83.9 Å². The second-order valence-electron chi connectivity index (χ2n) is 7.79. The predicted molar refractivity (Wildman–Crippen MR) is 128 cm³/mol. The maximum atomic E-state index is 12.4. The Bertz CT molecular complexity index is 1060. The van der Waals surface area contributed by atoms with Gasteiger partial charge in [-0.1, -0.05) is 51.0 Å². The molecule has 0 bridgehead atoms. The van der Waals surface area contributed by atoms with Crippen molar-refractivity contribution in [2.75, 3.05) is 11.9 Å². The van der Waals surface area contributed by atoms with Crippen molar-refractivity contribution in [2.24, 2.45) is 5.92 Å². The summed E-state index contributed by atoms with van der Waals surface area (Å²) in [5, 5.41) is 11.9. The Kier molecular flexibility index (Phi) is 8.47. The number of ether oxygens (including phenoxy) is 2. The Hall–Kier alpha value is -3.80. The van der Waals surface area contributed by atoms with Crippen LogP contribution in [0.2, 0.25) is 0 Å². The summed E-state index contributed by atoms with van der Waals surface area (Å²) in [6.45, 7) is 5.05. The second kappa shape index (κ2) is 11.7. The van der Waals surface area contributed by atoms with Crippen molar-refractivity contribution in [2.45, 2.75) is 33.1 Å². The highest BCUT2D eigenvalue weighted by Crippen LogP contribution is 2.25. The molecule has 6 heteroatoms. The van der Waals surface area contributed by atoms with Crippen molar-refractivity contribution in [3.8, 4) is 17.2 Å². The molecule has 0 atom stereocenters. The SMILES string of the molecule is CCC(CC)COc1ccc(Oc2ccc(CC(=O)Nc3ccccc3C(=O)O)cc2)cc1. The zero-order valence-corrected chi connectivity index (χ0v) is 18.9. The van der Waals surface area contributed by atoms with E-state index >= 15 is 0 Å². The molecule has 0 aromatic heterocycles. The standard InChI is InChI=1S/C27H29NO5/c1-3-19(4-2)18-32-21-13-15-23(16-14-21)33-22-11-9-20(10-12-22)17-26(29)28-25-8-6-5-7-24(25)27(30)31/h5-16,19H,3-4,17-18H2,1-2H3,(H,28,29)(H,30,31). The van der Waals surface area contributed by atoms with Gasteiger partial charge in [-0.3, -0.25) is 4.79 Å². The Labute approximate surface area is 194 Å². The summed E-state index contributed by atoms with van der Waals surface area (Å²) in [6, 6.07) is 21.1. The van der Waals surface area contributed by atoms with Gasteiger partial charge in [0, 0.05) is 0 Å². The molecule has 0 unspecified atom stereocenters. The summed E-state index contributed by atoms with van der Waals surface area (Å²) < 4.78 is 11.7. The Morgan fingerprint density at radius 2 is 1.42 bits per heavy atom. The van der Waals surface area contributed by atoms with Gasteiger partial charge in [0.05, 0.1) is 24.3 Å². The van der Waals surface area contributed by atoms with Crippen LogP contribution in [0.4, 0.5) is 5.69 Å². The van der Waals surface area contributed by atoms with E-state index < -0.39 is 5.97 Å². The average molecular weight is 448 g/mol. The minimum absolute atomic E-state index is 0.0570. The molecule has 1 amide bonds. The van der Waals surface area contributed by atoms with Crippen molar-refractivity contribution in [1.29, 1.82) is 0 Å². The van der Waals surface area contributed by atoms with Gasteiger partial charge in [0.1, 0.15) is 17.2 Å². The van der Waals surface area contributed by atoms with Crippen molar-refractivity contribution in [3.63, 3.8) is 0 Å². The number of hydrogen-bond acceptors (Lipinski definition) is 4. The van der Waals surface area contributed by atoms with Crippen LogP contribution < -0.4 is 14.8 Å². The number of rotatable bonds is 11. The molecule has 0 radical (unpaired) electrons. The third kappa shape index (κ3) is 7.10. The molecule has 3 aromatic rings. The maximum Gasteiger partial charge on any atom is 0.337 e. The van der Waals surface area contributed by atoms with Crippen molar-refractivity contribution in [1.82, 2.24) is 0 Å². The topological polar surface area (TPSA) is 84.9 Å². The van der Waals surface area contributed by atoms with Crippen molar-refractivity contribution < 1.29 is 24.2 Å². The fourth-order valence-electron chi connectivity index (χ4n) is 3.31. The molecule has 0 heterocycles. The van der Waals surface area contributed by atoms with E-state index in [2.05, 4.69) is 19.2 Å². The highest BCUT2D eigenvalue weighted by Gasteiger charge is 2.12. The molecule has 0 spiro atoms. The smallest absolute Gasteiger partial charge is 0.337 e. The molecule has 0 aliphatic rings. The van der Waals surface area contributed by atoms with E-state index in [4.69, 9.17) is 9.47 Å². The molecule has 172 valence electrons. The summed E-state index contributed by atoms with van der Waals surface area (Å²) in [5.41, 5.74) is 1.13. The monoisotopic (exact) mass is 447 g/mol. The maximum absolute atomic E-state index is 12.4. The Morgan fingerprint density at radius 3 is 2.03 bits per heavy atom. The molecule has 0 saturated heterocycles. The summed E-state index contributed by atoms with van der Waals surface area (Å²) >= 11 is 0. The molecule has 0 saturated carbocycles. The lowest BCUT2D eigenvalue weighted by Gasteiger charge is -2.14. The largest absolute Gasteiger partial charge is 0.493 e. The van der Waals surface area contributed by atoms with Crippen LogP contribution in [0, 0.1) is 5.92 Å². The molecule has 0 aliphatic heterocycles. The van der Waals surface area contributed by atoms with Crippen molar-refractivity contribution >= 4 is 17.6 Å². The number of amides is 1. The van der Waals surface area contributed by atoms with Gasteiger partial charge in [-0.25, -0.2) is 4.79 Å². The first-order chi connectivity index (χ1) is 16.0. The van der Waals surface area contributed by atoms with E-state index in [1.54, 1.807) is 30.3 Å². The molecule has 2 N–H and O–H groups in total. The van der Waals surface area contributed by atoms with Gasteiger partial charge < -0.3 is 19.9 Å². The molecule has 33 heavy (non-hydrogen) atoms. The Morgan fingerprint density at radius 1 is 0.848 bits per heavy atom. The molecular weight excluding hydrogens is 418 g/mol. The molecule has 6 nitrogen and oxygen atoms in total. The van der Waals surface area contributed by atoms with Crippen LogP contribution in [0.25, 0.3) is 0 Å².